The van der Waals surface area contributed by atoms with Crippen molar-refractivity contribution in [1.82, 2.24) is 14.1 Å². The van der Waals surface area contributed by atoms with Gasteiger partial charge in [0.1, 0.15) is 10.7 Å². The summed E-state index contributed by atoms with van der Waals surface area (Å²) < 4.78 is 41.2. The Hall–Kier alpha value is -1.78. The van der Waals surface area contributed by atoms with Gasteiger partial charge in [0.15, 0.2) is 0 Å². The monoisotopic (exact) mass is 445 g/mol. The summed E-state index contributed by atoms with van der Waals surface area (Å²) in [5.41, 5.74) is 6.27. The molecule has 7 nitrogen and oxygen atoms in total. The summed E-state index contributed by atoms with van der Waals surface area (Å²) in [6.07, 6.45) is 0.878. The third-order valence-corrected chi connectivity index (χ3v) is 6.79. The van der Waals surface area contributed by atoms with Gasteiger partial charge >= 0.3 is 0 Å². The molecule has 0 saturated carbocycles. The minimum absolute atomic E-state index is 0.0245. The van der Waals surface area contributed by atoms with Crippen LogP contribution in [0.2, 0.25) is 5.02 Å². The molecule has 1 aromatic carbocycles. The van der Waals surface area contributed by atoms with E-state index in [1.165, 1.54) is 30.9 Å². The van der Waals surface area contributed by atoms with Crippen molar-refractivity contribution in [3.05, 3.63) is 57.6 Å². The predicted octanol–water partition coefficient (Wildman–Crippen LogP) is 1.83. The second-order valence-corrected chi connectivity index (χ2v) is 9.48. The standard InChI is InChI=1S/C19H26ClFN4O3S/c1-12-16(19(13(2)26)25(23-12)11-15(21)7-8-22)9-14-5-6-18(17(20)10-14)29(27,28)24(3)4/h5-7,10,13,26H,8-9,11,22H2,1-4H3/p+1/b15-7-/t13-/m1/s1. The van der Waals surface area contributed by atoms with Crippen molar-refractivity contribution >= 4 is 21.6 Å². The minimum atomic E-state index is -3.65. The van der Waals surface area contributed by atoms with Crippen molar-refractivity contribution in [2.45, 2.75) is 37.8 Å². The van der Waals surface area contributed by atoms with Gasteiger partial charge in [-0.2, -0.15) is 5.10 Å². The maximum absolute atomic E-state index is 14.0. The first kappa shape index (κ1) is 23.5. The average Bonchev–Trinajstić information content (AvgIpc) is 2.89. The van der Waals surface area contributed by atoms with E-state index in [9.17, 15) is 17.9 Å². The third-order valence-electron chi connectivity index (χ3n) is 4.49. The average molecular weight is 446 g/mol. The first-order valence-corrected chi connectivity index (χ1v) is 10.9. The zero-order chi connectivity index (χ0) is 21.9. The van der Waals surface area contributed by atoms with Crippen LogP contribution >= 0.6 is 11.6 Å². The number of sulfonamides is 1. The van der Waals surface area contributed by atoms with Gasteiger partial charge in [-0.1, -0.05) is 17.7 Å². The number of aliphatic hydroxyl groups excluding tert-OH is 1. The van der Waals surface area contributed by atoms with E-state index in [2.05, 4.69) is 10.8 Å². The van der Waals surface area contributed by atoms with Gasteiger partial charge in [0.25, 0.3) is 0 Å². The summed E-state index contributed by atoms with van der Waals surface area (Å²) in [5, 5.41) is 14.7. The van der Waals surface area contributed by atoms with Gasteiger partial charge < -0.3 is 10.8 Å². The minimum Gasteiger partial charge on any atom is -0.387 e. The molecule has 0 bridgehead atoms. The molecule has 160 valence electrons. The molecule has 29 heavy (non-hydrogen) atoms. The van der Waals surface area contributed by atoms with Gasteiger partial charge in [0.05, 0.1) is 35.6 Å². The van der Waals surface area contributed by atoms with Crippen LogP contribution < -0.4 is 5.73 Å². The molecule has 0 radical (unpaired) electrons. The Bertz CT molecular complexity index is 1020. The summed E-state index contributed by atoms with van der Waals surface area (Å²) in [5.74, 6) is -0.378. The molecule has 2 aromatic rings. The highest BCUT2D eigenvalue weighted by Gasteiger charge is 2.23. The van der Waals surface area contributed by atoms with Gasteiger partial charge in [-0.25, -0.2) is 17.1 Å². The molecule has 0 fully saturated rings. The van der Waals surface area contributed by atoms with E-state index in [0.29, 0.717) is 24.4 Å². The Labute approximate surface area is 175 Å². The van der Waals surface area contributed by atoms with E-state index in [0.717, 1.165) is 15.4 Å². The van der Waals surface area contributed by atoms with E-state index in [1.54, 1.807) is 26.0 Å². The molecule has 0 unspecified atom stereocenters. The van der Waals surface area contributed by atoms with Crippen molar-refractivity contribution in [1.29, 1.82) is 0 Å². The lowest BCUT2D eigenvalue weighted by atomic mass is 10.0. The molecule has 0 aliphatic heterocycles. The van der Waals surface area contributed by atoms with Crippen molar-refractivity contribution < 1.29 is 23.6 Å². The van der Waals surface area contributed by atoms with E-state index in [4.69, 9.17) is 11.6 Å². The van der Waals surface area contributed by atoms with Gasteiger partial charge in [-0.05, 0) is 31.5 Å². The topological polar surface area (TPSA) is 103 Å². The molecule has 1 aromatic heterocycles. The quantitative estimate of drug-likeness (QED) is 0.647. The molecule has 0 aliphatic rings. The molecular formula is C19H27ClFN4O3S+. The number of benzene rings is 1. The highest BCUT2D eigenvalue weighted by molar-refractivity contribution is 7.89. The molecule has 0 saturated heterocycles. The molecule has 1 heterocycles. The van der Waals surface area contributed by atoms with Crippen molar-refractivity contribution in [2.24, 2.45) is 0 Å². The van der Waals surface area contributed by atoms with Gasteiger partial charge in [-0.15, -0.1) is 0 Å². The van der Waals surface area contributed by atoms with E-state index < -0.39 is 16.1 Å². The SMILES string of the molecule is Cc1nn(C/C(F)=C/C[NH3+])c([C@@H](C)O)c1Cc1ccc(S(=O)(=O)N(C)C)c(Cl)c1. The van der Waals surface area contributed by atoms with E-state index in [-0.39, 0.29) is 22.3 Å². The molecule has 0 aliphatic carbocycles. The molecular weight excluding hydrogens is 419 g/mol. The zero-order valence-corrected chi connectivity index (χ0v) is 18.6. The van der Waals surface area contributed by atoms with Crippen LogP contribution in [-0.4, -0.2) is 48.3 Å². The second kappa shape index (κ2) is 9.36. The largest absolute Gasteiger partial charge is 0.387 e. The van der Waals surface area contributed by atoms with Gasteiger partial charge in [0, 0.05) is 32.2 Å². The molecule has 2 rings (SSSR count). The van der Waals surface area contributed by atoms with Gasteiger partial charge in [0.2, 0.25) is 10.0 Å². The number of rotatable bonds is 8. The van der Waals surface area contributed by atoms with Crippen molar-refractivity contribution in [3.8, 4) is 0 Å². The van der Waals surface area contributed by atoms with E-state index >= 15 is 0 Å². The normalized spacial score (nSPS) is 13.9. The van der Waals surface area contributed by atoms with Crippen LogP contribution in [-0.2, 0) is 23.0 Å². The predicted molar refractivity (Wildman–Crippen MR) is 110 cm³/mol. The number of aliphatic hydroxyl groups is 1. The second-order valence-electron chi connectivity index (χ2n) is 6.95. The highest BCUT2D eigenvalue weighted by Crippen LogP contribution is 2.29. The summed E-state index contributed by atoms with van der Waals surface area (Å²) in [6.45, 7) is 3.62. The van der Waals surface area contributed by atoms with E-state index in [1.807, 2.05) is 0 Å². The number of aromatic nitrogens is 2. The summed E-state index contributed by atoms with van der Waals surface area (Å²) in [6, 6.07) is 4.73. The highest BCUT2D eigenvalue weighted by atomic mass is 35.5. The number of aryl methyl sites for hydroxylation is 1. The van der Waals surface area contributed by atoms with Crippen LogP contribution in [0.4, 0.5) is 4.39 Å². The Balaban J connectivity index is 2.43. The number of nitrogens with zero attached hydrogens (tertiary/aromatic N) is 3. The molecule has 4 N–H and O–H groups in total. The summed E-state index contributed by atoms with van der Waals surface area (Å²) in [7, 11) is -0.772. The molecule has 10 heteroatoms. The Morgan fingerprint density at radius 1 is 1.45 bits per heavy atom. The lowest BCUT2D eigenvalue weighted by Crippen LogP contribution is -2.49. The van der Waals surface area contributed by atoms with Crippen LogP contribution in [0, 0.1) is 6.92 Å². The molecule has 0 spiro atoms. The fourth-order valence-electron chi connectivity index (χ4n) is 3.07. The molecule has 0 amide bonds. The van der Waals surface area contributed by atoms with Crippen LogP contribution in [0.15, 0.2) is 35.0 Å². The fraction of sp³-hybridized carbons (Fsp3) is 0.421. The third kappa shape index (κ3) is 5.23. The molecule has 1 atom stereocenters. The number of hydrogen-bond donors (Lipinski definition) is 2. The number of quaternary nitrogens is 1. The van der Waals surface area contributed by atoms with Crippen LogP contribution in [0.25, 0.3) is 0 Å². The number of allylic oxidation sites excluding steroid dienone is 1. The van der Waals surface area contributed by atoms with Crippen LogP contribution in [0.5, 0.6) is 0 Å². The van der Waals surface area contributed by atoms with Crippen LogP contribution in [0.1, 0.15) is 35.5 Å². The maximum Gasteiger partial charge on any atom is 0.244 e. The lowest BCUT2D eigenvalue weighted by molar-refractivity contribution is -0.353. The number of halogens is 2. The Kier molecular flexibility index (Phi) is 7.58. The lowest BCUT2D eigenvalue weighted by Gasteiger charge is -2.14. The van der Waals surface area contributed by atoms with Gasteiger partial charge in [-0.3, -0.25) is 4.68 Å². The summed E-state index contributed by atoms with van der Waals surface area (Å²) in [4.78, 5) is 0.0245. The zero-order valence-electron chi connectivity index (χ0n) is 17.0. The van der Waals surface area contributed by atoms with Crippen molar-refractivity contribution in [3.63, 3.8) is 0 Å². The first-order chi connectivity index (χ1) is 13.5. The van der Waals surface area contributed by atoms with Crippen LogP contribution in [0.3, 0.4) is 0 Å². The van der Waals surface area contributed by atoms with Crippen molar-refractivity contribution in [2.75, 3.05) is 20.6 Å². The first-order valence-electron chi connectivity index (χ1n) is 9.08. The Morgan fingerprint density at radius 2 is 2.10 bits per heavy atom. The summed E-state index contributed by atoms with van der Waals surface area (Å²) >= 11 is 6.24. The maximum atomic E-state index is 14.0. The smallest absolute Gasteiger partial charge is 0.244 e. The Morgan fingerprint density at radius 3 is 2.62 bits per heavy atom. The number of hydrogen-bond acceptors (Lipinski definition) is 4. The fourth-order valence-corrected chi connectivity index (χ4v) is 4.51.